The van der Waals surface area contributed by atoms with Crippen LogP contribution in [0, 0.1) is 0 Å². The van der Waals surface area contributed by atoms with Gasteiger partial charge < -0.3 is 21.3 Å². The molecule has 5 N–H and O–H groups in total. The molecule has 2 aromatic carbocycles. The molecule has 0 saturated carbocycles. The topological polar surface area (TPSA) is 113 Å². The summed E-state index contributed by atoms with van der Waals surface area (Å²) < 4.78 is 0. The van der Waals surface area contributed by atoms with E-state index in [0.29, 0.717) is 5.56 Å². The van der Waals surface area contributed by atoms with Gasteiger partial charge in [-0.05, 0) is 17.7 Å². The first-order valence-electron chi connectivity index (χ1n) is 6.16. The molecule has 1 unspecified atom stereocenters. The molecule has 0 aliphatic rings. The van der Waals surface area contributed by atoms with Gasteiger partial charge in [0.25, 0.3) is 0 Å². The van der Waals surface area contributed by atoms with Crippen LogP contribution < -0.4 is 11.1 Å². The largest absolute Gasteiger partial charge is 0.507 e. The predicted octanol–water partition coefficient (Wildman–Crippen LogP) is 1.73. The van der Waals surface area contributed by atoms with Gasteiger partial charge in [-0.1, -0.05) is 30.3 Å². The van der Waals surface area contributed by atoms with Gasteiger partial charge in [-0.15, -0.1) is 0 Å². The van der Waals surface area contributed by atoms with Crippen molar-refractivity contribution in [3.05, 3.63) is 59.7 Å². The number of aromatic carboxylic acids is 1. The van der Waals surface area contributed by atoms with Gasteiger partial charge in [-0.2, -0.15) is 0 Å². The Kier molecular flexibility index (Phi) is 4.20. The standard InChI is InChI=1S/C15H14N2O4/c16-13(9-4-2-1-3-5-9)14(19)17-10-6-7-11(15(20)21)12(18)8-10/h1-8,13,18H,16H2,(H,17,19)(H,20,21). The summed E-state index contributed by atoms with van der Waals surface area (Å²) in [5.74, 6) is -2.12. The molecule has 0 heterocycles. The number of carbonyl (C=O) groups excluding carboxylic acids is 1. The fraction of sp³-hybridized carbons (Fsp3) is 0.0667. The van der Waals surface area contributed by atoms with E-state index in [-0.39, 0.29) is 11.3 Å². The zero-order valence-corrected chi connectivity index (χ0v) is 11.0. The number of hydrogen-bond acceptors (Lipinski definition) is 4. The highest BCUT2D eigenvalue weighted by molar-refractivity contribution is 5.97. The van der Waals surface area contributed by atoms with Crippen LogP contribution in [0.25, 0.3) is 0 Å². The average molecular weight is 286 g/mol. The third kappa shape index (κ3) is 3.37. The van der Waals surface area contributed by atoms with Gasteiger partial charge in [-0.3, -0.25) is 4.79 Å². The maximum atomic E-state index is 12.0. The maximum Gasteiger partial charge on any atom is 0.339 e. The molecule has 6 nitrogen and oxygen atoms in total. The SMILES string of the molecule is NC(C(=O)Nc1ccc(C(=O)O)c(O)c1)c1ccccc1. The van der Waals surface area contributed by atoms with E-state index in [0.717, 1.165) is 0 Å². The minimum absolute atomic E-state index is 0.236. The number of nitrogens with two attached hydrogens (primary N) is 1. The number of aromatic hydroxyl groups is 1. The Hall–Kier alpha value is -2.86. The summed E-state index contributed by atoms with van der Waals surface area (Å²) in [4.78, 5) is 22.8. The van der Waals surface area contributed by atoms with Crippen LogP contribution in [0.5, 0.6) is 5.75 Å². The first-order valence-corrected chi connectivity index (χ1v) is 6.16. The van der Waals surface area contributed by atoms with Gasteiger partial charge in [0.1, 0.15) is 17.4 Å². The highest BCUT2D eigenvalue weighted by Crippen LogP contribution is 2.22. The molecule has 2 aromatic rings. The van der Waals surface area contributed by atoms with Crippen molar-refractivity contribution in [2.45, 2.75) is 6.04 Å². The molecular formula is C15H14N2O4. The second-order valence-corrected chi connectivity index (χ2v) is 4.41. The number of carbonyl (C=O) groups is 2. The number of hydrogen-bond donors (Lipinski definition) is 4. The smallest absolute Gasteiger partial charge is 0.339 e. The number of nitrogens with one attached hydrogen (secondary N) is 1. The molecule has 0 aliphatic carbocycles. The maximum absolute atomic E-state index is 12.0. The minimum atomic E-state index is -1.24. The number of amides is 1. The normalized spacial score (nSPS) is 11.7. The molecule has 2 rings (SSSR count). The van der Waals surface area contributed by atoms with Crippen LogP contribution >= 0.6 is 0 Å². The zero-order chi connectivity index (χ0) is 15.4. The lowest BCUT2D eigenvalue weighted by Crippen LogP contribution is -2.27. The lowest BCUT2D eigenvalue weighted by atomic mass is 10.1. The predicted molar refractivity (Wildman–Crippen MR) is 77.1 cm³/mol. The van der Waals surface area contributed by atoms with Crippen molar-refractivity contribution >= 4 is 17.6 Å². The van der Waals surface area contributed by atoms with E-state index in [1.807, 2.05) is 6.07 Å². The number of benzene rings is 2. The van der Waals surface area contributed by atoms with E-state index in [2.05, 4.69) is 5.32 Å². The number of phenols is 1. The van der Waals surface area contributed by atoms with Crippen LogP contribution in [0.2, 0.25) is 0 Å². The second-order valence-electron chi connectivity index (χ2n) is 4.41. The molecule has 108 valence electrons. The molecule has 1 amide bonds. The Labute approximate surface area is 120 Å². The van der Waals surface area contributed by atoms with Crippen LogP contribution in [0.4, 0.5) is 5.69 Å². The highest BCUT2D eigenvalue weighted by atomic mass is 16.4. The van der Waals surface area contributed by atoms with Crippen LogP contribution in [0.15, 0.2) is 48.5 Å². The van der Waals surface area contributed by atoms with Crippen LogP contribution in [0.1, 0.15) is 22.0 Å². The summed E-state index contributed by atoms with van der Waals surface area (Å²) in [6.07, 6.45) is 0. The minimum Gasteiger partial charge on any atom is -0.507 e. The number of carboxylic acid groups (broad SMARTS) is 1. The quantitative estimate of drug-likeness (QED) is 0.683. The Bertz CT molecular complexity index is 671. The molecule has 21 heavy (non-hydrogen) atoms. The fourth-order valence-electron chi connectivity index (χ4n) is 1.82. The summed E-state index contributed by atoms with van der Waals surface area (Å²) in [5, 5.41) is 20.9. The lowest BCUT2D eigenvalue weighted by Gasteiger charge is -2.13. The molecular weight excluding hydrogens is 272 g/mol. The lowest BCUT2D eigenvalue weighted by molar-refractivity contribution is -0.117. The van der Waals surface area contributed by atoms with Gasteiger partial charge >= 0.3 is 5.97 Å². The van der Waals surface area contributed by atoms with Gasteiger partial charge in [0.05, 0.1) is 0 Å². The number of rotatable bonds is 4. The van der Waals surface area contributed by atoms with Crippen LogP contribution in [-0.2, 0) is 4.79 Å². The van der Waals surface area contributed by atoms with Crippen molar-refractivity contribution in [2.24, 2.45) is 5.73 Å². The third-order valence-corrected chi connectivity index (χ3v) is 2.94. The Morgan fingerprint density at radius 1 is 1.10 bits per heavy atom. The highest BCUT2D eigenvalue weighted by Gasteiger charge is 2.16. The van der Waals surface area contributed by atoms with Crippen molar-refractivity contribution in [1.29, 1.82) is 0 Å². The molecule has 0 bridgehead atoms. The van der Waals surface area contributed by atoms with E-state index in [1.54, 1.807) is 24.3 Å². The molecule has 0 spiro atoms. The Balaban J connectivity index is 2.13. The zero-order valence-electron chi connectivity index (χ0n) is 11.0. The van der Waals surface area contributed by atoms with Gasteiger partial charge in [0, 0.05) is 11.8 Å². The molecule has 0 saturated heterocycles. The van der Waals surface area contributed by atoms with Crippen molar-refractivity contribution < 1.29 is 19.8 Å². The Morgan fingerprint density at radius 3 is 2.33 bits per heavy atom. The monoisotopic (exact) mass is 286 g/mol. The summed E-state index contributed by atoms with van der Waals surface area (Å²) in [5.41, 5.74) is 6.52. The molecule has 0 aromatic heterocycles. The first-order chi connectivity index (χ1) is 9.99. The van der Waals surface area contributed by atoms with E-state index in [4.69, 9.17) is 10.8 Å². The summed E-state index contributed by atoms with van der Waals surface area (Å²) in [7, 11) is 0. The van der Waals surface area contributed by atoms with Gasteiger partial charge in [0.15, 0.2) is 0 Å². The van der Waals surface area contributed by atoms with Crippen molar-refractivity contribution in [1.82, 2.24) is 0 Å². The molecule has 0 radical (unpaired) electrons. The summed E-state index contributed by atoms with van der Waals surface area (Å²) in [6.45, 7) is 0. The van der Waals surface area contributed by atoms with Gasteiger partial charge in [0.2, 0.25) is 5.91 Å². The van der Waals surface area contributed by atoms with Crippen molar-refractivity contribution in [2.75, 3.05) is 5.32 Å². The van der Waals surface area contributed by atoms with E-state index in [1.165, 1.54) is 18.2 Å². The molecule has 0 fully saturated rings. The number of carboxylic acids is 1. The second kappa shape index (κ2) is 6.06. The fourth-order valence-corrected chi connectivity index (χ4v) is 1.82. The van der Waals surface area contributed by atoms with E-state index >= 15 is 0 Å². The van der Waals surface area contributed by atoms with E-state index in [9.17, 15) is 14.7 Å². The molecule has 0 aliphatic heterocycles. The van der Waals surface area contributed by atoms with Crippen molar-refractivity contribution in [3.63, 3.8) is 0 Å². The van der Waals surface area contributed by atoms with Gasteiger partial charge in [-0.25, -0.2) is 4.79 Å². The molecule has 1 atom stereocenters. The third-order valence-electron chi connectivity index (χ3n) is 2.94. The average Bonchev–Trinajstić information content (AvgIpc) is 2.47. The number of anilines is 1. The summed E-state index contributed by atoms with van der Waals surface area (Å²) in [6, 6.07) is 11.7. The van der Waals surface area contributed by atoms with Crippen molar-refractivity contribution in [3.8, 4) is 5.75 Å². The van der Waals surface area contributed by atoms with Crippen LogP contribution in [0.3, 0.4) is 0 Å². The van der Waals surface area contributed by atoms with Crippen LogP contribution in [-0.4, -0.2) is 22.1 Å². The van der Waals surface area contributed by atoms with E-state index < -0.39 is 23.7 Å². The first kappa shape index (κ1) is 14.5. The summed E-state index contributed by atoms with van der Waals surface area (Å²) >= 11 is 0. The molecule has 6 heteroatoms. The Morgan fingerprint density at radius 2 is 1.76 bits per heavy atom.